The molecular weight excluding hydrogens is 680 g/mol. The molecule has 47 heavy (non-hydrogen) atoms. The zero-order valence-electron chi connectivity index (χ0n) is 27.5. The molecule has 3 rings (SSSR count). The van der Waals surface area contributed by atoms with Crippen LogP contribution in [0.1, 0.15) is 57.8 Å². The van der Waals surface area contributed by atoms with E-state index in [0.717, 1.165) is 23.9 Å². The smallest absolute Gasteiger partial charge is 0.241 e. The number of amides is 1. The van der Waals surface area contributed by atoms with Crippen LogP contribution in [0.5, 0.6) is 0 Å². The number of carbonyl (C=O) groups excluding carboxylic acids is 3. The number of allylic oxidation sites excluding steroid dienone is 2. The molecule has 0 atom stereocenters. The summed E-state index contributed by atoms with van der Waals surface area (Å²) in [4.78, 5) is 50.6. The van der Waals surface area contributed by atoms with Gasteiger partial charge in [-0.3, -0.25) is 14.4 Å². The number of nitrogens with zero attached hydrogens (tertiary/aromatic N) is 4. The zero-order valence-corrected chi connectivity index (χ0v) is 30.7. The van der Waals surface area contributed by atoms with Crippen LogP contribution in [0.3, 0.4) is 0 Å². The number of hydrogen-bond donors (Lipinski definition) is 2. The molecule has 0 unspecified atom stereocenters. The van der Waals surface area contributed by atoms with Gasteiger partial charge in [0.2, 0.25) is 16.4 Å². The largest absolute Gasteiger partial charge is 0.383 e. The topological polar surface area (TPSA) is 156 Å². The predicted molar refractivity (Wildman–Crippen MR) is 195 cm³/mol. The van der Waals surface area contributed by atoms with Crippen LogP contribution in [0.25, 0.3) is 10.8 Å². The first-order valence-electron chi connectivity index (χ1n) is 14.9. The van der Waals surface area contributed by atoms with Crippen molar-refractivity contribution in [2.24, 2.45) is 0 Å². The Balaban J connectivity index is 0.00000768. The second-order valence-electron chi connectivity index (χ2n) is 10.9. The third kappa shape index (κ3) is 10.7. The monoisotopic (exact) mass is 722 g/mol. The van der Waals surface area contributed by atoms with E-state index >= 15 is 0 Å². The van der Waals surface area contributed by atoms with E-state index in [2.05, 4.69) is 28.5 Å². The summed E-state index contributed by atoms with van der Waals surface area (Å²) < 4.78 is 29.0. The third-order valence-corrected chi connectivity index (χ3v) is 12.2. The fraction of sp³-hybridized carbons (Fsp3) is 0.406. The first-order chi connectivity index (χ1) is 21.8. The summed E-state index contributed by atoms with van der Waals surface area (Å²) in [5, 5.41) is 1.62. The first kappa shape index (κ1) is 40.0. The summed E-state index contributed by atoms with van der Waals surface area (Å²) in [5.41, 5.74) is 7.82. The molecule has 0 aliphatic heterocycles. The minimum absolute atomic E-state index is 0. The van der Waals surface area contributed by atoms with Gasteiger partial charge in [-0.1, -0.05) is 59.7 Å². The Kier molecular flexibility index (Phi) is 15.7. The second-order valence-corrected chi connectivity index (χ2v) is 15.1. The number of halogens is 1. The summed E-state index contributed by atoms with van der Waals surface area (Å²) in [6, 6.07) is 10.5. The lowest BCUT2D eigenvalue weighted by atomic mass is 10.1. The van der Waals surface area contributed by atoms with Gasteiger partial charge >= 0.3 is 0 Å². The molecule has 15 heteroatoms. The van der Waals surface area contributed by atoms with Crippen LogP contribution >= 0.6 is 34.0 Å². The third-order valence-electron chi connectivity index (χ3n) is 7.36. The summed E-state index contributed by atoms with van der Waals surface area (Å²) in [6.45, 7) is 7.35. The minimum Gasteiger partial charge on any atom is -0.383 e. The molecule has 0 aliphatic rings. The molecule has 0 bridgehead atoms. The molecule has 0 radical (unpaired) electrons. The molecule has 0 aliphatic carbocycles. The van der Waals surface area contributed by atoms with E-state index < -0.39 is 28.0 Å². The maximum Gasteiger partial charge on any atom is 0.241 e. The number of hydrogen-bond acceptors (Lipinski definition) is 11. The van der Waals surface area contributed by atoms with Crippen LogP contribution in [-0.4, -0.2) is 67.2 Å². The van der Waals surface area contributed by atoms with E-state index in [1.807, 2.05) is 31.1 Å². The number of sulfonamides is 1. The summed E-state index contributed by atoms with van der Waals surface area (Å²) >= 11 is 0. The molecule has 3 N–H and O–H groups in total. The van der Waals surface area contributed by atoms with Crippen molar-refractivity contribution in [3.63, 3.8) is 0 Å². The number of fused-ring (bicyclic) bond motifs is 1. The highest BCUT2D eigenvalue weighted by atomic mass is 35.5. The van der Waals surface area contributed by atoms with Gasteiger partial charge in [-0.2, -0.15) is 0 Å². The SMILES string of the molecule is CCC(CC)SSC(C(=O)CC(=O)CCNS(=O)(=O)c1cccc2c(N(C)C)cccc12)=C(C)N(C=O)Cc1cnc(C)nc1N.Cl. The fourth-order valence-electron chi connectivity index (χ4n) is 4.67. The van der Waals surface area contributed by atoms with Gasteiger partial charge in [0.25, 0.3) is 0 Å². The number of aryl methyl sites for hydroxylation is 1. The van der Waals surface area contributed by atoms with Crippen molar-refractivity contribution in [2.45, 2.75) is 70.1 Å². The Bertz CT molecular complexity index is 1710. The van der Waals surface area contributed by atoms with Gasteiger partial charge in [-0.15, -0.1) is 12.4 Å². The number of ketones is 2. The number of rotatable bonds is 18. The second kappa shape index (κ2) is 18.4. The van der Waals surface area contributed by atoms with Crippen LogP contribution in [0.4, 0.5) is 11.5 Å². The van der Waals surface area contributed by atoms with Gasteiger partial charge < -0.3 is 15.5 Å². The number of carbonyl (C=O) groups is 3. The average molecular weight is 723 g/mol. The maximum absolute atomic E-state index is 13.5. The normalized spacial score (nSPS) is 12.0. The standard InChI is InChI=1S/C32H42N6O5S3.ClH/c1-7-25(8-2)44-45-31(21(3)38(20-39)19-23-18-34-22(4)36-32(23)33)29(41)17-24(40)15-16-35-46(42,43)30-14-10-11-26-27(30)12-9-13-28(26)37(5)6;/h9-14,18,20,25,35H,7-8,15-17,19H2,1-6H3,(H2,33,34,36);1H. The fourth-order valence-corrected chi connectivity index (χ4v) is 8.98. The Labute approximate surface area is 291 Å². The molecule has 1 aromatic heterocycles. The van der Waals surface area contributed by atoms with Gasteiger partial charge in [0, 0.05) is 66.2 Å². The van der Waals surface area contributed by atoms with Gasteiger partial charge in [0.05, 0.1) is 22.8 Å². The summed E-state index contributed by atoms with van der Waals surface area (Å²) in [6.07, 6.45) is 3.30. The van der Waals surface area contributed by atoms with Gasteiger partial charge in [0.15, 0.2) is 5.78 Å². The Morgan fingerprint density at radius 3 is 2.36 bits per heavy atom. The number of benzene rings is 2. The highest BCUT2D eigenvalue weighted by molar-refractivity contribution is 8.78. The van der Waals surface area contributed by atoms with Crippen LogP contribution < -0.4 is 15.4 Å². The van der Waals surface area contributed by atoms with Crippen molar-refractivity contribution in [1.82, 2.24) is 19.6 Å². The number of Topliss-reactive ketones (excluding diaryl/α,β-unsaturated/α-hetero) is 2. The van der Waals surface area contributed by atoms with Crippen LogP contribution in [-0.2, 0) is 31.0 Å². The molecule has 0 saturated heterocycles. The van der Waals surface area contributed by atoms with Crippen molar-refractivity contribution in [3.8, 4) is 0 Å². The lowest BCUT2D eigenvalue weighted by molar-refractivity contribution is -0.124. The summed E-state index contributed by atoms with van der Waals surface area (Å²) in [7, 11) is 2.59. The predicted octanol–water partition coefficient (Wildman–Crippen LogP) is 5.67. The lowest BCUT2D eigenvalue weighted by Crippen LogP contribution is -2.27. The molecule has 11 nitrogen and oxygen atoms in total. The molecule has 0 spiro atoms. The number of anilines is 2. The van der Waals surface area contributed by atoms with Gasteiger partial charge in [-0.05, 0) is 38.8 Å². The Hall–Kier alpha value is -3.17. The van der Waals surface area contributed by atoms with Gasteiger partial charge in [-0.25, -0.2) is 23.1 Å². The number of aromatic nitrogens is 2. The number of nitrogen functional groups attached to an aromatic ring is 1. The van der Waals surface area contributed by atoms with E-state index in [1.54, 1.807) is 38.2 Å². The number of nitrogens with two attached hydrogens (primary N) is 1. The van der Waals surface area contributed by atoms with Crippen molar-refractivity contribution >= 4 is 84.3 Å². The van der Waals surface area contributed by atoms with Crippen molar-refractivity contribution in [1.29, 1.82) is 0 Å². The Morgan fingerprint density at radius 1 is 1.09 bits per heavy atom. The average Bonchev–Trinajstić information content (AvgIpc) is 3.01. The van der Waals surface area contributed by atoms with E-state index in [-0.39, 0.29) is 52.8 Å². The lowest BCUT2D eigenvalue weighted by Gasteiger charge is -2.22. The van der Waals surface area contributed by atoms with Crippen LogP contribution in [0, 0.1) is 6.92 Å². The molecule has 3 aromatic rings. The summed E-state index contributed by atoms with van der Waals surface area (Å²) in [5.74, 6) is -0.138. The van der Waals surface area contributed by atoms with Crippen LogP contribution in [0.2, 0.25) is 0 Å². The van der Waals surface area contributed by atoms with Crippen molar-refractivity contribution in [3.05, 3.63) is 64.6 Å². The zero-order chi connectivity index (χ0) is 34.0. The molecule has 256 valence electrons. The first-order valence-corrected chi connectivity index (χ1v) is 18.6. The highest BCUT2D eigenvalue weighted by Crippen LogP contribution is 2.39. The van der Waals surface area contributed by atoms with E-state index in [1.165, 1.54) is 32.6 Å². The quantitative estimate of drug-likeness (QED) is 0.0723. The molecule has 0 fully saturated rings. The van der Waals surface area contributed by atoms with E-state index in [9.17, 15) is 22.8 Å². The molecular formula is C32H43ClN6O5S3. The molecule has 2 aromatic carbocycles. The highest BCUT2D eigenvalue weighted by Gasteiger charge is 2.24. The molecule has 1 amide bonds. The van der Waals surface area contributed by atoms with Crippen molar-refractivity contribution < 1.29 is 22.8 Å². The minimum atomic E-state index is -3.95. The molecule has 0 saturated carbocycles. The van der Waals surface area contributed by atoms with E-state index in [0.29, 0.717) is 28.9 Å². The van der Waals surface area contributed by atoms with E-state index in [4.69, 9.17) is 5.73 Å². The molecule has 1 heterocycles. The number of nitrogens with one attached hydrogen (secondary N) is 1. The Morgan fingerprint density at radius 2 is 1.74 bits per heavy atom. The van der Waals surface area contributed by atoms with Gasteiger partial charge in [0.1, 0.15) is 17.4 Å². The van der Waals surface area contributed by atoms with Crippen LogP contribution in [0.15, 0.2) is 58.1 Å². The van der Waals surface area contributed by atoms with Crippen molar-refractivity contribution in [2.75, 3.05) is 31.3 Å². The maximum atomic E-state index is 13.5.